The van der Waals surface area contributed by atoms with Crippen LogP contribution in [0.3, 0.4) is 0 Å². The minimum absolute atomic E-state index is 0.0964. The molecule has 0 unspecified atom stereocenters. The minimum Gasteiger partial charge on any atom is -0.378 e. The van der Waals surface area contributed by atoms with Crippen LogP contribution in [0.15, 0.2) is 12.4 Å². The summed E-state index contributed by atoms with van der Waals surface area (Å²) < 4.78 is 27.7. The van der Waals surface area contributed by atoms with Crippen LogP contribution < -0.4 is 20.4 Å². The van der Waals surface area contributed by atoms with E-state index in [1.54, 1.807) is 17.9 Å². The van der Waals surface area contributed by atoms with Crippen molar-refractivity contribution in [3.05, 3.63) is 23.8 Å². The molecule has 4 amide bonds. The van der Waals surface area contributed by atoms with Crippen LogP contribution in [-0.4, -0.2) is 78.9 Å². The molecule has 0 radical (unpaired) electrons. The van der Waals surface area contributed by atoms with Gasteiger partial charge in [-0.3, -0.25) is 20.2 Å². The summed E-state index contributed by atoms with van der Waals surface area (Å²) in [6, 6.07) is 0.0957. The number of anilines is 2. The number of aromatic nitrogens is 2. The van der Waals surface area contributed by atoms with E-state index >= 15 is 4.39 Å². The molecule has 1 spiro atoms. The number of amides is 4. The summed E-state index contributed by atoms with van der Waals surface area (Å²) in [7, 11) is 0. The van der Waals surface area contributed by atoms with Crippen LogP contribution in [0.25, 0.3) is 10.9 Å². The van der Waals surface area contributed by atoms with E-state index < -0.39 is 41.2 Å². The van der Waals surface area contributed by atoms with Gasteiger partial charge in [-0.2, -0.15) is 0 Å². The van der Waals surface area contributed by atoms with Crippen molar-refractivity contribution in [1.82, 2.24) is 20.6 Å². The van der Waals surface area contributed by atoms with E-state index in [0.29, 0.717) is 48.8 Å². The molecule has 2 N–H and O–H groups in total. The smallest absolute Gasteiger partial charge is 0.328 e. The number of benzene rings is 1. The van der Waals surface area contributed by atoms with Crippen LogP contribution in [0.4, 0.5) is 20.7 Å². The van der Waals surface area contributed by atoms with Crippen molar-refractivity contribution in [3.63, 3.8) is 0 Å². The second-order valence-electron chi connectivity index (χ2n) is 9.53. The summed E-state index contributed by atoms with van der Waals surface area (Å²) in [5, 5.41) is 5.00. The highest BCUT2D eigenvalue weighted by atomic mass is 19.1. The first-order valence-electron chi connectivity index (χ1n) is 11.7. The van der Waals surface area contributed by atoms with E-state index in [1.807, 2.05) is 11.8 Å². The molecule has 4 aliphatic rings. The maximum atomic E-state index is 16.3. The van der Waals surface area contributed by atoms with Crippen molar-refractivity contribution < 1.29 is 28.2 Å². The minimum atomic E-state index is -1.67. The number of halogens is 1. The molecule has 4 aliphatic heterocycles. The van der Waals surface area contributed by atoms with Gasteiger partial charge in [0, 0.05) is 31.4 Å². The zero-order valence-electron chi connectivity index (χ0n) is 19.3. The quantitative estimate of drug-likeness (QED) is 0.557. The molecule has 11 nitrogen and oxygen atoms in total. The van der Waals surface area contributed by atoms with Gasteiger partial charge in [0.2, 0.25) is 11.8 Å². The molecule has 35 heavy (non-hydrogen) atoms. The lowest BCUT2D eigenvalue weighted by Gasteiger charge is -2.55. The summed E-state index contributed by atoms with van der Waals surface area (Å²) >= 11 is 0. The Balaban J connectivity index is 1.58. The summed E-state index contributed by atoms with van der Waals surface area (Å²) in [5.41, 5.74) is -0.708. The standard InChI is InChI=1S/C23H25FN6O5/c1-11-9-30-17-13(8-23(18(30)12(2)35-11)20(31)27-22(33)28-21(23)32)7-14-16(15(17)24)25-10-26-19(14)29-3-5-34-6-4-29/h7,10-12,18H,3-6,8-9H2,1-2H3,(H2,27,28,31,32,33)/t11-,12+,18-/m1/s1. The molecule has 0 saturated carbocycles. The fourth-order valence-electron chi connectivity index (χ4n) is 6.08. The molecule has 3 fully saturated rings. The van der Waals surface area contributed by atoms with E-state index in [2.05, 4.69) is 20.6 Å². The number of hydrogen-bond acceptors (Lipinski definition) is 9. The van der Waals surface area contributed by atoms with Gasteiger partial charge in [0.15, 0.2) is 11.2 Å². The average molecular weight is 484 g/mol. The Bertz CT molecular complexity index is 1240. The van der Waals surface area contributed by atoms with Gasteiger partial charge in [0.25, 0.3) is 0 Å². The van der Waals surface area contributed by atoms with Crippen molar-refractivity contribution in [3.8, 4) is 0 Å². The third-order valence-electron chi connectivity index (χ3n) is 7.42. The van der Waals surface area contributed by atoms with E-state index in [-0.39, 0.29) is 24.6 Å². The SMILES string of the molecule is C[C@@H]1CN2c3c(cc4c(N5CCOCC5)ncnc4c3F)CC3(C(=O)NC(=O)NC3=O)[C@H]2[C@H](C)O1. The topological polar surface area (TPSA) is 126 Å². The number of fused-ring (bicyclic) bond motifs is 5. The molecule has 184 valence electrons. The first-order valence-corrected chi connectivity index (χ1v) is 11.7. The highest BCUT2D eigenvalue weighted by Gasteiger charge is 2.63. The maximum absolute atomic E-state index is 16.3. The maximum Gasteiger partial charge on any atom is 0.328 e. The highest BCUT2D eigenvalue weighted by molar-refractivity contribution is 6.20. The molecule has 3 saturated heterocycles. The van der Waals surface area contributed by atoms with Crippen molar-refractivity contribution in [2.24, 2.45) is 5.41 Å². The number of nitrogens with one attached hydrogen (secondary N) is 2. The predicted molar refractivity (Wildman–Crippen MR) is 121 cm³/mol. The highest BCUT2D eigenvalue weighted by Crippen LogP contribution is 2.49. The molecule has 2 aromatic rings. The molecule has 5 heterocycles. The Hall–Kier alpha value is -3.38. The summed E-state index contributed by atoms with van der Waals surface area (Å²) in [4.78, 5) is 51.0. The molecular weight excluding hydrogens is 459 g/mol. The zero-order chi connectivity index (χ0) is 24.5. The number of barbiturate groups is 1. The lowest BCUT2D eigenvalue weighted by Crippen LogP contribution is -2.75. The van der Waals surface area contributed by atoms with E-state index in [1.165, 1.54) is 6.33 Å². The number of carbonyl (C=O) groups excluding carboxylic acids is 3. The normalized spacial score (nSPS) is 28.0. The third-order valence-corrected chi connectivity index (χ3v) is 7.42. The third kappa shape index (κ3) is 3.12. The van der Waals surface area contributed by atoms with Gasteiger partial charge in [-0.05, 0) is 25.5 Å². The van der Waals surface area contributed by atoms with Gasteiger partial charge in [-0.15, -0.1) is 0 Å². The number of hydrogen-bond donors (Lipinski definition) is 2. The van der Waals surface area contributed by atoms with Crippen molar-refractivity contribution in [2.45, 2.75) is 38.5 Å². The molecule has 6 rings (SSSR count). The number of nitrogens with zero attached hydrogens (tertiary/aromatic N) is 4. The number of ether oxygens (including phenoxy) is 2. The molecule has 0 aliphatic carbocycles. The van der Waals surface area contributed by atoms with Gasteiger partial charge in [0.1, 0.15) is 17.7 Å². The predicted octanol–water partition coefficient (Wildman–Crippen LogP) is 0.496. The van der Waals surface area contributed by atoms with Gasteiger partial charge < -0.3 is 19.3 Å². The second kappa shape index (κ2) is 7.82. The molecule has 12 heteroatoms. The Morgan fingerprint density at radius 2 is 1.83 bits per heavy atom. The second-order valence-corrected chi connectivity index (χ2v) is 9.53. The number of morpholine rings is 2. The van der Waals surface area contributed by atoms with E-state index in [4.69, 9.17) is 9.47 Å². The Morgan fingerprint density at radius 3 is 2.54 bits per heavy atom. The van der Waals surface area contributed by atoms with Crippen LogP contribution in [-0.2, 0) is 25.5 Å². The first-order chi connectivity index (χ1) is 16.8. The van der Waals surface area contributed by atoms with Gasteiger partial charge >= 0.3 is 6.03 Å². The summed E-state index contributed by atoms with van der Waals surface area (Å²) in [5.74, 6) is -1.37. The molecule has 0 bridgehead atoms. The number of urea groups is 1. The largest absolute Gasteiger partial charge is 0.378 e. The fraction of sp³-hybridized carbons (Fsp3) is 0.522. The van der Waals surface area contributed by atoms with Crippen molar-refractivity contribution in [2.75, 3.05) is 42.6 Å². The van der Waals surface area contributed by atoms with Crippen LogP contribution in [0.5, 0.6) is 0 Å². The number of imide groups is 2. The van der Waals surface area contributed by atoms with Crippen LogP contribution in [0, 0.1) is 11.2 Å². The van der Waals surface area contributed by atoms with Gasteiger partial charge in [-0.25, -0.2) is 19.2 Å². The fourth-order valence-corrected chi connectivity index (χ4v) is 6.08. The molecule has 1 aromatic heterocycles. The Labute approximate surface area is 199 Å². The van der Waals surface area contributed by atoms with E-state index in [0.717, 1.165) is 0 Å². The summed E-state index contributed by atoms with van der Waals surface area (Å²) in [6.45, 7) is 6.14. The monoisotopic (exact) mass is 484 g/mol. The van der Waals surface area contributed by atoms with Crippen LogP contribution in [0.2, 0.25) is 0 Å². The van der Waals surface area contributed by atoms with E-state index in [9.17, 15) is 14.4 Å². The number of carbonyl (C=O) groups is 3. The lowest BCUT2D eigenvalue weighted by molar-refractivity contribution is -0.153. The molecular formula is C23H25FN6O5. The van der Waals surface area contributed by atoms with Crippen LogP contribution in [0.1, 0.15) is 19.4 Å². The first kappa shape index (κ1) is 22.1. The zero-order valence-corrected chi connectivity index (χ0v) is 19.3. The van der Waals surface area contributed by atoms with Crippen molar-refractivity contribution in [1.29, 1.82) is 0 Å². The number of rotatable bonds is 1. The van der Waals surface area contributed by atoms with Crippen molar-refractivity contribution >= 4 is 40.3 Å². The summed E-state index contributed by atoms with van der Waals surface area (Å²) in [6.07, 6.45) is 0.398. The van der Waals surface area contributed by atoms with Gasteiger partial charge in [-0.1, -0.05) is 0 Å². The molecule has 3 atom stereocenters. The van der Waals surface area contributed by atoms with Crippen LogP contribution >= 0.6 is 0 Å². The Morgan fingerprint density at radius 1 is 1.11 bits per heavy atom. The Kier molecular flexibility index (Phi) is 4.94. The lowest BCUT2D eigenvalue weighted by atomic mass is 9.66. The average Bonchev–Trinajstić information content (AvgIpc) is 2.82. The van der Waals surface area contributed by atoms with Gasteiger partial charge in [0.05, 0.1) is 37.2 Å². The molecule has 1 aromatic carbocycles.